The van der Waals surface area contributed by atoms with E-state index in [0.29, 0.717) is 11.4 Å². The number of carbonyl (C=O) groups excluding carboxylic acids is 1. The first kappa shape index (κ1) is 12.2. The maximum Gasteiger partial charge on any atom is 0.344 e. The molecule has 1 aromatic carbocycles. The molecule has 0 aliphatic heterocycles. The van der Waals surface area contributed by atoms with E-state index >= 15 is 0 Å². The van der Waals surface area contributed by atoms with Gasteiger partial charge in [0.1, 0.15) is 5.75 Å². The average Bonchev–Trinajstić information content (AvgIpc) is 2.25. The number of halogens is 2. The van der Waals surface area contributed by atoms with Gasteiger partial charge in [0.15, 0.2) is 13.2 Å². The molecule has 0 bridgehead atoms. The molecule has 16 heavy (non-hydrogen) atoms. The molecule has 0 aromatic heterocycles. The SMILES string of the molecule is Nc1ccccc1OCC(=O)OCC(F)F. The number of nitrogens with two attached hydrogens (primary N) is 1. The summed E-state index contributed by atoms with van der Waals surface area (Å²) in [6.07, 6.45) is -2.68. The lowest BCUT2D eigenvalue weighted by atomic mass is 10.3. The monoisotopic (exact) mass is 231 g/mol. The van der Waals surface area contributed by atoms with Crippen LogP contribution in [0.5, 0.6) is 5.75 Å². The molecule has 0 amide bonds. The van der Waals surface area contributed by atoms with Gasteiger partial charge in [0.2, 0.25) is 0 Å². The fourth-order valence-corrected chi connectivity index (χ4v) is 0.946. The summed E-state index contributed by atoms with van der Waals surface area (Å²) in [5.74, 6) is -0.542. The van der Waals surface area contributed by atoms with Crippen molar-refractivity contribution in [1.82, 2.24) is 0 Å². The second-order valence-corrected chi connectivity index (χ2v) is 2.90. The van der Waals surface area contributed by atoms with Crippen LogP contribution in [0.2, 0.25) is 0 Å². The van der Waals surface area contributed by atoms with Crippen molar-refractivity contribution in [3.8, 4) is 5.75 Å². The van der Waals surface area contributed by atoms with Gasteiger partial charge in [-0.05, 0) is 12.1 Å². The molecule has 1 rings (SSSR count). The summed E-state index contributed by atoms with van der Waals surface area (Å²) in [6, 6.07) is 6.54. The second-order valence-electron chi connectivity index (χ2n) is 2.90. The number of alkyl halides is 2. The van der Waals surface area contributed by atoms with Gasteiger partial charge in [-0.2, -0.15) is 0 Å². The Hall–Kier alpha value is -1.85. The number of ether oxygens (including phenoxy) is 2. The van der Waals surface area contributed by atoms with Gasteiger partial charge in [0, 0.05) is 0 Å². The van der Waals surface area contributed by atoms with Crippen molar-refractivity contribution < 1.29 is 23.0 Å². The fourth-order valence-electron chi connectivity index (χ4n) is 0.946. The number of nitrogen functional groups attached to an aromatic ring is 1. The molecular weight excluding hydrogens is 220 g/mol. The van der Waals surface area contributed by atoms with E-state index in [1.54, 1.807) is 24.3 Å². The van der Waals surface area contributed by atoms with Crippen molar-refractivity contribution in [3.05, 3.63) is 24.3 Å². The Morgan fingerprint density at radius 1 is 1.38 bits per heavy atom. The minimum Gasteiger partial charge on any atom is -0.480 e. The van der Waals surface area contributed by atoms with Crippen LogP contribution in [0.3, 0.4) is 0 Å². The number of benzene rings is 1. The fraction of sp³-hybridized carbons (Fsp3) is 0.300. The van der Waals surface area contributed by atoms with Crippen molar-refractivity contribution in [3.63, 3.8) is 0 Å². The number of hydrogen-bond acceptors (Lipinski definition) is 4. The molecule has 0 saturated carbocycles. The zero-order valence-corrected chi connectivity index (χ0v) is 8.36. The maximum absolute atomic E-state index is 11.7. The molecule has 0 aliphatic rings. The first-order valence-corrected chi connectivity index (χ1v) is 4.50. The Kier molecular flexibility index (Phi) is 4.50. The van der Waals surface area contributed by atoms with Crippen LogP contribution >= 0.6 is 0 Å². The molecule has 88 valence electrons. The van der Waals surface area contributed by atoms with E-state index in [2.05, 4.69) is 4.74 Å². The van der Waals surface area contributed by atoms with Crippen molar-refractivity contribution in [2.24, 2.45) is 0 Å². The maximum atomic E-state index is 11.7. The van der Waals surface area contributed by atoms with E-state index in [9.17, 15) is 13.6 Å². The summed E-state index contributed by atoms with van der Waals surface area (Å²) in [6.45, 7) is -1.37. The molecule has 4 nitrogen and oxygen atoms in total. The third-order valence-corrected chi connectivity index (χ3v) is 1.63. The van der Waals surface area contributed by atoms with E-state index in [1.807, 2.05) is 0 Å². The summed E-state index contributed by atoms with van der Waals surface area (Å²) >= 11 is 0. The first-order valence-electron chi connectivity index (χ1n) is 4.50. The standard InChI is InChI=1S/C10H11F2NO3/c11-9(12)5-16-10(14)6-15-8-4-2-1-3-7(8)13/h1-4,9H,5-6,13H2. The van der Waals surface area contributed by atoms with Crippen molar-refractivity contribution in [2.75, 3.05) is 18.9 Å². The average molecular weight is 231 g/mol. The Labute approximate surface area is 91.0 Å². The van der Waals surface area contributed by atoms with Gasteiger partial charge in [-0.1, -0.05) is 12.1 Å². The number of carbonyl (C=O) groups is 1. The van der Waals surface area contributed by atoms with Crippen LogP contribution in [-0.2, 0) is 9.53 Å². The predicted molar refractivity (Wildman–Crippen MR) is 53.3 cm³/mol. The topological polar surface area (TPSA) is 61.5 Å². The van der Waals surface area contributed by atoms with Crippen LogP contribution in [0.25, 0.3) is 0 Å². The number of esters is 1. The minimum atomic E-state index is -2.68. The van der Waals surface area contributed by atoms with Crippen LogP contribution in [0.4, 0.5) is 14.5 Å². The third kappa shape index (κ3) is 4.12. The third-order valence-electron chi connectivity index (χ3n) is 1.63. The quantitative estimate of drug-likeness (QED) is 0.615. The highest BCUT2D eigenvalue weighted by atomic mass is 19.3. The van der Waals surface area contributed by atoms with Crippen molar-refractivity contribution in [1.29, 1.82) is 0 Å². The van der Waals surface area contributed by atoms with Gasteiger partial charge in [-0.25, -0.2) is 13.6 Å². The van der Waals surface area contributed by atoms with Gasteiger partial charge < -0.3 is 15.2 Å². The number of rotatable bonds is 5. The lowest BCUT2D eigenvalue weighted by Gasteiger charge is -2.08. The van der Waals surface area contributed by atoms with Crippen LogP contribution in [0, 0.1) is 0 Å². The Morgan fingerprint density at radius 3 is 2.69 bits per heavy atom. The molecule has 0 radical (unpaired) electrons. The summed E-state index contributed by atoms with van der Waals surface area (Å²) in [5, 5.41) is 0. The lowest BCUT2D eigenvalue weighted by Crippen LogP contribution is -2.18. The molecular formula is C10H11F2NO3. The largest absolute Gasteiger partial charge is 0.480 e. The number of anilines is 1. The first-order chi connectivity index (χ1) is 7.59. The van der Waals surface area contributed by atoms with Crippen LogP contribution < -0.4 is 10.5 Å². The van der Waals surface area contributed by atoms with Crippen LogP contribution in [-0.4, -0.2) is 25.6 Å². The molecule has 0 atom stereocenters. The summed E-state index contributed by atoms with van der Waals surface area (Å²) in [5.41, 5.74) is 5.90. The van der Waals surface area contributed by atoms with Gasteiger partial charge >= 0.3 is 5.97 Å². The molecule has 0 spiro atoms. The highest BCUT2D eigenvalue weighted by Gasteiger charge is 2.09. The van der Waals surface area contributed by atoms with Gasteiger partial charge in [0.05, 0.1) is 5.69 Å². The summed E-state index contributed by atoms with van der Waals surface area (Å²) in [4.78, 5) is 10.9. The van der Waals surface area contributed by atoms with Crippen LogP contribution in [0.1, 0.15) is 0 Å². The molecule has 1 aromatic rings. The van der Waals surface area contributed by atoms with Crippen LogP contribution in [0.15, 0.2) is 24.3 Å². The molecule has 0 aliphatic carbocycles. The Morgan fingerprint density at radius 2 is 2.06 bits per heavy atom. The normalized spacial score (nSPS) is 10.2. The van der Waals surface area contributed by atoms with E-state index in [4.69, 9.17) is 10.5 Å². The lowest BCUT2D eigenvalue weighted by molar-refractivity contribution is -0.149. The van der Waals surface area contributed by atoms with Crippen molar-refractivity contribution >= 4 is 11.7 Å². The Balaban J connectivity index is 2.35. The van der Waals surface area contributed by atoms with Gasteiger partial charge in [-0.3, -0.25) is 0 Å². The molecule has 0 unspecified atom stereocenters. The minimum absolute atomic E-state index is 0.316. The predicted octanol–water partition coefficient (Wildman–Crippen LogP) is 1.46. The Bertz CT molecular complexity index is 358. The molecule has 0 fully saturated rings. The summed E-state index contributed by atoms with van der Waals surface area (Å²) in [7, 11) is 0. The zero-order valence-electron chi connectivity index (χ0n) is 8.36. The van der Waals surface area contributed by atoms with Crippen molar-refractivity contribution in [2.45, 2.75) is 6.43 Å². The van der Waals surface area contributed by atoms with E-state index in [-0.39, 0.29) is 0 Å². The van der Waals surface area contributed by atoms with E-state index in [0.717, 1.165) is 0 Å². The van der Waals surface area contributed by atoms with E-state index in [1.165, 1.54) is 0 Å². The number of para-hydroxylation sites is 2. The highest BCUT2D eigenvalue weighted by Crippen LogP contribution is 2.19. The summed E-state index contributed by atoms with van der Waals surface area (Å²) < 4.78 is 32.6. The zero-order chi connectivity index (χ0) is 12.0. The smallest absolute Gasteiger partial charge is 0.344 e. The molecule has 0 saturated heterocycles. The second kappa shape index (κ2) is 5.89. The van der Waals surface area contributed by atoms with Gasteiger partial charge in [-0.15, -0.1) is 0 Å². The molecule has 2 N–H and O–H groups in total. The molecule has 0 heterocycles. The number of hydrogen-bond donors (Lipinski definition) is 1. The van der Waals surface area contributed by atoms with Gasteiger partial charge in [0.25, 0.3) is 6.43 Å². The molecule has 6 heteroatoms. The highest BCUT2D eigenvalue weighted by molar-refractivity contribution is 5.71. The van der Waals surface area contributed by atoms with E-state index < -0.39 is 25.6 Å².